The molecule has 9 heteroatoms. The average molecular weight is 480 g/mol. The van der Waals surface area contributed by atoms with Gasteiger partial charge in [0.15, 0.2) is 5.69 Å². The molecule has 0 atom stereocenters. The molecule has 3 heterocycles. The van der Waals surface area contributed by atoms with E-state index in [4.69, 9.17) is 4.74 Å². The smallest absolute Gasteiger partial charge is 0.357 e. The Labute approximate surface area is 201 Å². The van der Waals surface area contributed by atoms with Crippen LogP contribution in [0.5, 0.6) is 0 Å². The Hall–Kier alpha value is -3.72. The van der Waals surface area contributed by atoms with Crippen molar-refractivity contribution >= 4 is 34.9 Å². The molecule has 4 rings (SSSR count). The van der Waals surface area contributed by atoms with E-state index in [1.54, 1.807) is 29.5 Å². The number of ether oxygens (including phenoxy) is 1. The van der Waals surface area contributed by atoms with Crippen molar-refractivity contribution in [3.05, 3.63) is 58.2 Å². The number of thiophene rings is 1. The lowest BCUT2D eigenvalue weighted by atomic mass is 9.93. The first kappa shape index (κ1) is 23.4. The number of aromatic carboxylic acids is 1. The lowest BCUT2D eigenvalue weighted by molar-refractivity contribution is 0.0593. The zero-order valence-corrected chi connectivity index (χ0v) is 20.0. The first-order valence-electron chi connectivity index (χ1n) is 10.9. The van der Waals surface area contributed by atoms with Gasteiger partial charge >= 0.3 is 11.9 Å². The molecule has 0 saturated heterocycles. The Bertz CT molecular complexity index is 1280. The van der Waals surface area contributed by atoms with E-state index in [1.165, 1.54) is 18.7 Å². The van der Waals surface area contributed by atoms with E-state index in [1.807, 2.05) is 19.4 Å². The molecular formula is C25H25N3O5S. The zero-order valence-electron chi connectivity index (χ0n) is 19.2. The summed E-state index contributed by atoms with van der Waals surface area (Å²) < 4.78 is 4.92. The third-order valence-corrected chi connectivity index (χ3v) is 6.81. The van der Waals surface area contributed by atoms with Crippen LogP contribution in [0.1, 0.15) is 50.2 Å². The monoisotopic (exact) mass is 479 g/mol. The van der Waals surface area contributed by atoms with Gasteiger partial charge in [-0.3, -0.25) is 4.79 Å². The fourth-order valence-electron chi connectivity index (χ4n) is 4.05. The van der Waals surface area contributed by atoms with Crippen LogP contribution in [0.3, 0.4) is 0 Å². The number of rotatable bonds is 6. The van der Waals surface area contributed by atoms with Crippen LogP contribution >= 0.6 is 11.3 Å². The molecule has 34 heavy (non-hydrogen) atoms. The number of benzene rings is 1. The molecule has 1 amide bonds. The van der Waals surface area contributed by atoms with E-state index < -0.39 is 17.8 Å². The van der Waals surface area contributed by atoms with Gasteiger partial charge in [0.05, 0.1) is 12.7 Å². The van der Waals surface area contributed by atoms with Crippen LogP contribution in [0, 0.1) is 0 Å². The molecule has 2 aromatic heterocycles. The van der Waals surface area contributed by atoms with Crippen molar-refractivity contribution in [2.24, 2.45) is 0 Å². The highest BCUT2D eigenvalue weighted by atomic mass is 32.1. The van der Waals surface area contributed by atoms with Gasteiger partial charge in [-0.1, -0.05) is 6.92 Å². The second-order valence-electron chi connectivity index (χ2n) is 8.01. The Morgan fingerprint density at radius 1 is 1.18 bits per heavy atom. The number of likely N-dealkylation sites (N-methyl/N-ethyl adjacent to an activating group) is 1. The number of carbonyl (C=O) groups is 3. The van der Waals surface area contributed by atoms with Crippen LogP contribution < -0.4 is 10.2 Å². The summed E-state index contributed by atoms with van der Waals surface area (Å²) in [4.78, 5) is 44.8. The lowest BCUT2D eigenvalue weighted by Gasteiger charge is -2.22. The standard InChI is InChI=1S/C25H25N3O5S/c1-4-9-26-23(29)19-6-5-15(21(27-19)25(32)33-3)16-13-20-18(12-17(16)24(30)31)22-14(8-11-34-22)7-10-28(20)2/h5-6,8,11-13H,4,7,9-10H2,1-3H3,(H,26,29)(H,30,31). The summed E-state index contributed by atoms with van der Waals surface area (Å²) in [6.45, 7) is 3.17. The molecule has 0 unspecified atom stereocenters. The number of aromatic nitrogens is 1. The highest BCUT2D eigenvalue weighted by Crippen LogP contribution is 2.43. The molecule has 1 aromatic carbocycles. The number of anilines is 1. The van der Waals surface area contributed by atoms with E-state index in [0.717, 1.165) is 35.5 Å². The Kier molecular flexibility index (Phi) is 6.65. The summed E-state index contributed by atoms with van der Waals surface area (Å²) in [5, 5.41) is 14.8. The zero-order chi connectivity index (χ0) is 24.4. The number of methoxy groups -OCH3 is 1. The second kappa shape index (κ2) is 9.64. The van der Waals surface area contributed by atoms with E-state index in [0.29, 0.717) is 17.7 Å². The minimum atomic E-state index is -1.12. The Morgan fingerprint density at radius 2 is 1.97 bits per heavy atom. The molecule has 0 radical (unpaired) electrons. The van der Waals surface area contributed by atoms with Crippen molar-refractivity contribution in [2.45, 2.75) is 19.8 Å². The van der Waals surface area contributed by atoms with Crippen molar-refractivity contribution in [3.63, 3.8) is 0 Å². The van der Waals surface area contributed by atoms with Gasteiger partial charge in [-0.2, -0.15) is 0 Å². The first-order chi connectivity index (χ1) is 16.3. The van der Waals surface area contributed by atoms with Crippen molar-refractivity contribution in [3.8, 4) is 21.6 Å². The van der Waals surface area contributed by atoms with Crippen LogP contribution in [-0.4, -0.2) is 55.2 Å². The molecule has 0 aliphatic carbocycles. The number of carboxylic acid groups (broad SMARTS) is 1. The summed E-state index contributed by atoms with van der Waals surface area (Å²) in [6.07, 6.45) is 1.60. The highest BCUT2D eigenvalue weighted by molar-refractivity contribution is 7.13. The van der Waals surface area contributed by atoms with Crippen LogP contribution in [0.25, 0.3) is 21.6 Å². The minimum absolute atomic E-state index is 0.0449. The summed E-state index contributed by atoms with van der Waals surface area (Å²) in [5.41, 5.74) is 3.51. The van der Waals surface area contributed by atoms with E-state index >= 15 is 0 Å². The van der Waals surface area contributed by atoms with Gasteiger partial charge in [-0.15, -0.1) is 11.3 Å². The van der Waals surface area contributed by atoms with Gasteiger partial charge in [-0.25, -0.2) is 14.6 Å². The van der Waals surface area contributed by atoms with Gasteiger partial charge in [0, 0.05) is 47.4 Å². The number of esters is 1. The van der Waals surface area contributed by atoms with E-state index in [9.17, 15) is 19.5 Å². The normalized spacial score (nSPS) is 12.4. The molecule has 1 aliphatic heterocycles. The minimum Gasteiger partial charge on any atom is -0.478 e. The lowest BCUT2D eigenvalue weighted by Crippen LogP contribution is -2.26. The number of fused-ring (bicyclic) bond motifs is 3. The number of nitrogens with zero attached hydrogens (tertiary/aromatic N) is 2. The summed E-state index contributed by atoms with van der Waals surface area (Å²) in [5.74, 6) is -2.28. The van der Waals surface area contributed by atoms with Crippen molar-refractivity contribution in [2.75, 3.05) is 32.1 Å². The van der Waals surface area contributed by atoms with E-state index in [2.05, 4.69) is 21.3 Å². The molecule has 0 saturated carbocycles. The topological polar surface area (TPSA) is 109 Å². The van der Waals surface area contributed by atoms with Gasteiger partial charge in [0.25, 0.3) is 5.91 Å². The molecule has 0 spiro atoms. The number of amides is 1. The maximum Gasteiger partial charge on any atom is 0.357 e. The Morgan fingerprint density at radius 3 is 2.68 bits per heavy atom. The van der Waals surface area contributed by atoms with Gasteiger partial charge in [0.1, 0.15) is 5.69 Å². The maximum atomic E-state index is 12.6. The number of carbonyl (C=O) groups excluding carboxylic acids is 2. The molecule has 3 aromatic rings. The van der Waals surface area contributed by atoms with Gasteiger partial charge < -0.3 is 20.1 Å². The number of hydrogen-bond donors (Lipinski definition) is 2. The van der Waals surface area contributed by atoms with Crippen molar-refractivity contribution in [1.29, 1.82) is 0 Å². The number of carboxylic acids is 1. The quantitative estimate of drug-likeness (QED) is 0.513. The largest absolute Gasteiger partial charge is 0.478 e. The SMILES string of the molecule is CCCNC(=O)c1ccc(-c2cc3c(cc2C(=O)O)-c2sccc2CCN3C)c(C(=O)OC)n1. The van der Waals surface area contributed by atoms with Gasteiger partial charge in [-0.05, 0) is 54.1 Å². The third kappa shape index (κ3) is 4.26. The number of pyridine rings is 1. The van der Waals surface area contributed by atoms with Crippen LogP contribution in [0.15, 0.2) is 35.7 Å². The molecule has 0 bridgehead atoms. The molecule has 0 fully saturated rings. The second-order valence-corrected chi connectivity index (χ2v) is 8.92. The predicted molar refractivity (Wildman–Crippen MR) is 131 cm³/mol. The fourth-order valence-corrected chi connectivity index (χ4v) is 5.03. The Balaban J connectivity index is 1.93. The summed E-state index contributed by atoms with van der Waals surface area (Å²) >= 11 is 1.58. The van der Waals surface area contributed by atoms with Crippen LogP contribution in [-0.2, 0) is 11.2 Å². The maximum absolute atomic E-state index is 12.6. The number of hydrogen-bond acceptors (Lipinski definition) is 7. The van der Waals surface area contributed by atoms with E-state index in [-0.39, 0.29) is 17.0 Å². The average Bonchev–Trinajstić information content (AvgIpc) is 3.27. The number of nitrogens with one attached hydrogen (secondary N) is 1. The van der Waals surface area contributed by atoms with Crippen molar-refractivity contribution < 1.29 is 24.2 Å². The van der Waals surface area contributed by atoms with Crippen molar-refractivity contribution in [1.82, 2.24) is 10.3 Å². The van der Waals surface area contributed by atoms with Crippen LogP contribution in [0.2, 0.25) is 0 Å². The fraction of sp³-hybridized carbons (Fsp3) is 0.280. The first-order valence-corrected chi connectivity index (χ1v) is 11.8. The van der Waals surface area contributed by atoms with Gasteiger partial charge in [0.2, 0.25) is 0 Å². The molecular weight excluding hydrogens is 454 g/mol. The molecule has 1 aliphatic rings. The highest BCUT2D eigenvalue weighted by Gasteiger charge is 2.27. The summed E-state index contributed by atoms with van der Waals surface area (Å²) in [7, 11) is 3.18. The third-order valence-electron chi connectivity index (χ3n) is 5.82. The van der Waals surface area contributed by atoms with Crippen LogP contribution in [0.4, 0.5) is 5.69 Å². The molecule has 8 nitrogen and oxygen atoms in total. The summed E-state index contributed by atoms with van der Waals surface area (Å²) in [6, 6.07) is 8.56. The predicted octanol–water partition coefficient (Wildman–Crippen LogP) is 4.09. The molecule has 2 N–H and O–H groups in total. The molecule has 176 valence electrons.